The molecule has 0 aromatic rings. The Labute approximate surface area is 188 Å². The van der Waals surface area contributed by atoms with Crippen molar-refractivity contribution in [3.05, 3.63) is 0 Å². The summed E-state index contributed by atoms with van der Waals surface area (Å²) in [5.74, 6) is 2.76. The lowest BCUT2D eigenvalue weighted by molar-refractivity contribution is -0.0594. The van der Waals surface area contributed by atoms with Crippen LogP contribution in [0, 0.1) is 34.5 Å². The molecule has 0 bridgehead atoms. The average molecular weight is 431 g/mol. The van der Waals surface area contributed by atoms with Gasteiger partial charge in [-0.1, -0.05) is 60.8 Å². The van der Waals surface area contributed by atoms with Crippen LogP contribution in [0.5, 0.6) is 0 Å². The van der Waals surface area contributed by atoms with Crippen LogP contribution in [0.1, 0.15) is 80.1 Å². The summed E-state index contributed by atoms with van der Waals surface area (Å²) in [6.45, 7) is 16.9. The van der Waals surface area contributed by atoms with Crippen LogP contribution >= 0.6 is 0 Å². The van der Waals surface area contributed by atoms with Crippen LogP contribution in [0.4, 0.5) is 0 Å². The standard InChI is InChI=1S/C13H26O2.C13H28O2/c1-11(2)13(9-14-3,10-15-4)12-7-5-6-8-12;1-11(2)7-8-13(9-14-5,10-15-6)12(3)4/h11-12H,5-10H2,1-4H3;11-12H,7-10H2,1-6H3. The predicted octanol–water partition coefficient (Wildman–Crippen LogP) is 6.47. The molecule has 1 rings (SSSR count). The molecule has 0 radical (unpaired) electrons. The van der Waals surface area contributed by atoms with E-state index in [2.05, 4.69) is 41.5 Å². The van der Waals surface area contributed by atoms with Crippen LogP contribution in [0.25, 0.3) is 0 Å². The minimum absolute atomic E-state index is 0.188. The molecule has 0 saturated heterocycles. The van der Waals surface area contributed by atoms with E-state index in [4.69, 9.17) is 18.9 Å². The van der Waals surface area contributed by atoms with Crippen LogP contribution in [0.3, 0.4) is 0 Å². The Balaban J connectivity index is 0.000000561. The minimum atomic E-state index is 0.188. The number of rotatable bonds is 14. The molecule has 0 N–H and O–H groups in total. The van der Waals surface area contributed by atoms with Crippen LogP contribution < -0.4 is 0 Å². The third kappa shape index (κ3) is 9.14. The summed E-state index contributed by atoms with van der Waals surface area (Å²) in [6, 6.07) is 0. The molecule has 182 valence electrons. The lowest BCUT2D eigenvalue weighted by Gasteiger charge is -2.41. The fraction of sp³-hybridized carbons (Fsp3) is 1.00. The lowest BCUT2D eigenvalue weighted by Crippen LogP contribution is -2.43. The Morgan fingerprint density at radius 1 is 0.667 bits per heavy atom. The third-order valence-electron chi connectivity index (χ3n) is 7.45. The van der Waals surface area contributed by atoms with Gasteiger partial charge in [-0.05, 0) is 42.9 Å². The molecule has 4 nitrogen and oxygen atoms in total. The van der Waals surface area contributed by atoms with Crippen molar-refractivity contribution in [3.8, 4) is 0 Å². The van der Waals surface area contributed by atoms with E-state index in [1.54, 1.807) is 14.2 Å². The van der Waals surface area contributed by atoms with Gasteiger partial charge in [-0.2, -0.15) is 0 Å². The number of hydrogen-bond donors (Lipinski definition) is 0. The van der Waals surface area contributed by atoms with Gasteiger partial charge in [0, 0.05) is 39.3 Å². The van der Waals surface area contributed by atoms with Crippen LogP contribution in [0.2, 0.25) is 0 Å². The first-order valence-corrected chi connectivity index (χ1v) is 12.1. The SMILES string of the molecule is COCC(CCC(C)C)(COC)C(C)C.COCC(COC)(C(C)C)C1CCCC1. The van der Waals surface area contributed by atoms with E-state index in [1.807, 2.05) is 14.2 Å². The molecule has 30 heavy (non-hydrogen) atoms. The van der Waals surface area contributed by atoms with E-state index in [0.29, 0.717) is 11.8 Å². The molecule has 0 aliphatic heterocycles. The van der Waals surface area contributed by atoms with Crippen LogP contribution in [-0.2, 0) is 18.9 Å². The number of hydrogen-bond acceptors (Lipinski definition) is 4. The highest BCUT2D eigenvalue weighted by Gasteiger charge is 2.42. The molecule has 0 spiro atoms. The monoisotopic (exact) mass is 430 g/mol. The van der Waals surface area contributed by atoms with Crippen molar-refractivity contribution in [1.29, 1.82) is 0 Å². The van der Waals surface area contributed by atoms with Gasteiger partial charge in [0.05, 0.1) is 26.4 Å². The van der Waals surface area contributed by atoms with Gasteiger partial charge in [0.2, 0.25) is 0 Å². The summed E-state index contributed by atoms with van der Waals surface area (Å²) in [5.41, 5.74) is 0.424. The second-order valence-corrected chi connectivity index (χ2v) is 10.6. The summed E-state index contributed by atoms with van der Waals surface area (Å²) < 4.78 is 21.7. The lowest BCUT2D eigenvalue weighted by atomic mass is 9.68. The van der Waals surface area contributed by atoms with Crippen molar-refractivity contribution in [3.63, 3.8) is 0 Å². The highest BCUT2D eigenvalue weighted by atomic mass is 16.5. The maximum Gasteiger partial charge on any atom is 0.0545 e. The Hall–Kier alpha value is -0.160. The number of ether oxygens (including phenoxy) is 4. The van der Waals surface area contributed by atoms with Crippen molar-refractivity contribution in [2.24, 2.45) is 34.5 Å². The first-order chi connectivity index (χ1) is 14.2. The van der Waals surface area contributed by atoms with Gasteiger partial charge < -0.3 is 18.9 Å². The molecule has 1 fully saturated rings. The number of methoxy groups -OCH3 is 4. The molecule has 0 amide bonds. The van der Waals surface area contributed by atoms with Gasteiger partial charge >= 0.3 is 0 Å². The van der Waals surface area contributed by atoms with Crippen LogP contribution in [-0.4, -0.2) is 54.9 Å². The molecule has 0 heterocycles. The van der Waals surface area contributed by atoms with Gasteiger partial charge in [-0.3, -0.25) is 0 Å². The molecule has 0 atom stereocenters. The summed E-state index contributed by atoms with van der Waals surface area (Å²) in [7, 11) is 7.17. The molecule has 1 saturated carbocycles. The highest BCUT2D eigenvalue weighted by Crippen LogP contribution is 2.45. The summed E-state index contributed by atoms with van der Waals surface area (Å²) >= 11 is 0. The fourth-order valence-electron chi connectivity index (χ4n) is 5.08. The predicted molar refractivity (Wildman–Crippen MR) is 128 cm³/mol. The largest absolute Gasteiger partial charge is 0.384 e. The quantitative estimate of drug-likeness (QED) is 0.316. The maximum atomic E-state index is 5.45. The van der Waals surface area contributed by atoms with E-state index in [1.165, 1.54) is 38.5 Å². The Morgan fingerprint density at radius 2 is 1.10 bits per heavy atom. The molecular weight excluding hydrogens is 376 g/mol. The molecular formula is C26H54O4. The van der Waals surface area contributed by atoms with E-state index in [0.717, 1.165) is 38.3 Å². The fourth-order valence-corrected chi connectivity index (χ4v) is 5.08. The van der Waals surface area contributed by atoms with Crippen molar-refractivity contribution >= 4 is 0 Å². The average Bonchev–Trinajstić information content (AvgIpc) is 3.21. The first kappa shape index (κ1) is 29.8. The Morgan fingerprint density at radius 3 is 1.40 bits per heavy atom. The zero-order chi connectivity index (χ0) is 23.2. The zero-order valence-corrected chi connectivity index (χ0v) is 22.0. The first-order valence-electron chi connectivity index (χ1n) is 12.1. The topological polar surface area (TPSA) is 36.9 Å². The van der Waals surface area contributed by atoms with E-state index >= 15 is 0 Å². The van der Waals surface area contributed by atoms with Crippen LogP contribution in [0.15, 0.2) is 0 Å². The summed E-state index contributed by atoms with van der Waals surface area (Å²) in [6.07, 6.45) is 7.89. The van der Waals surface area contributed by atoms with E-state index in [-0.39, 0.29) is 10.8 Å². The molecule has 1 aliphatic rings. The van der Waals surface area contributed by atoms with Crippen molar-refractivity contribution < 1.29 is 18.9 Å². The van der Waals surface area contributed by atoms with Gasteiger partial charge in [0.15, 0.2) is 0 Å². The van der Waals surface area contributed by atoms with Crippen molar-refractivity contribution in [1.82, 2.24) is 0 Å². The second-order valence-electron chi connectivity index (χ2n) is 10.6. The smallest absolute Gasteiger partial charge is 0.0545 e. The zero-order valence-electron chi connectivity index (χ0n) is 22.0. The van der Waals surface area contributed by atoms with Gasteiger partial charge in [0.25, 0.3) is 0 Å². The highest BCUT2D eigenvalue weighted by molar-refractivity contribution is 4.91. The van der Waals surface area contributed by atoms with E-state index in [9.17, 15) is 0 Å². The third-order valence-corrected chi connectivity index (χ3v) is 7.45. The Bertz CT molecular complexity index is 388. The molecule has 1 aliphatic carbocycles. The van der Waals surface area contributed by atoms with Gasteiger partial charge in [0.1, 0.15) is 0 Å². The molecule has 0 aromatic heterocycles. The Kier molecular flexibility index (Phi) is 15.5. The minimum Gasteiger partial charge on any atom is -0.384 e. The van der Waals surface area contributed by atoms with Crippen molar-refractivity contribution in [2.45, 2.75) is 80.1 Å². The van der Waals surface area contributed by atoms with Gasteiger partial charge in [-0.25, -0.2) is 0 Å². The van der Waals surface area contributed by atoms with Gasteiger partial charge in [-0.15, -0.1) is 0 Å². The molecule has 4 heteroatoms. The maximum absolute atomic E-state index is 5.45. The summed E-state index contributed by atoms with van der Waals surface area (Å²) in [5, 5.41) is 0. The van der Waals surface area contributed by atoms with E-state index < -0.39 is 0 Å². The molecule has 0 unspecified atom stereocenters. The summed E-state index contributed by atoms with van der Waals surface area (Å²) in [4.78, 5) is 0. The second kappa shape index (κ2) is 15.6. The molecule has 0 aromatic carbocycles. The van der Waals surface area contributed by atoms with Crippen molar-refractivity contribution in [2.75, 3.05) is 54.9 Å². The normalized spacial score (nSPS) is 15.9.